The molecule has 1 aliphatic carbocycles. The Morgan fingerprint density at radius 1 is 1.28 bits per heavy atom. The third-order valence-electron chi connectivity index (χ3n) is 3.39. The maximum Gasteiger partial charge on any atom is 0.229 e. The fraction of sp³-hybridized carbons (Fsp3) is 0.267. The molecule has 0 spiro atoms. The quantitative estimate of drug-likeness (QED) is 0.790. The summed E-state index contributed by atoms with van der Waals surface area (Å²) in [4.78, 5) is 12.9. The standard InChI is InChI=1S/C15H14O2S/c16-13-11-8-4-5-9-12(11)18-15(14(13)17)10-6-2-1-3-7-10/h2,4-6,8-10,17H,1,3,7H2. The molecule has 1 unspecified atom stereocenters. The summed E-state index contributed by atoms with van der Waals surface area (Å²) in [6, 6.07) is 7.47. The van der Waals surface area contributed by atoms with Crippen LogP contribution in [0.4, 0.5) is 0 Å². The van der Waals surface area contributed by atoms with E-state index in [-0.39, 0.29) is 17.1 Å². The number of rotatable bonds is 1. The highest BCUT2D eigenvalue weighted by molar-refractivity contribution is 7.18. The monoisotopic (exact) mass is 258 g/mol. The molecule has 92 valence electrons. The van der Waals surface area contributed by atoms with E-state index in [1.54, 1.807) is 6.07 Å². The van der Waals surface area contributed by atoms with Crippen LogP contribution < -0.4 is 5.43 Å². The Morgan fingerprint density at radius 2 is 2.11 bits per heavy atom. The average Bonchev–Trinajstić information content (AvgIpc) is 2.44. The van der Waals surface area contributed by atoms with Gasteiger partial charge in [-0.15, -0.1) is 11.3 Å². The van der Waals surface area contributed by atoms with Crippen LogP contribution in [0.5, 0.6) is 5.75 Å². The van der Waals surface area contributed by atoms with Gasteiger partial charge >= 0.3 is 0 Å². The molecule has 1 N–H and O–H groups in total. The van der Waals surface area contributed by atoms with E-state index < -0.39 is 0 Å². The maximum absolute atomic E-state index is 12.1. The predicted molar refractivity (Wildman–Crippen MR) is 75.5 cm³/mol. The summed E-state index contributed by atoms with van der Waals surface area (Å²) in [5.74, 6) is 0.135. The second kappa shape index (κ2) is 4.58. The van der Waals surface area contributed by atoms with Gasteiger partial charge < -0.3 is 5.11 Å². The van der Waals surface area contributed by atoms with Crippen LogP contribution in [0.25, 0.3) is 10.1 Å². The summed E-state index contributed by atoms with van der Waals surface area (Å²) in [5.41, 5.74) is -0.238. The molecular formula is C15H14O2S. The number of allylic oxidation sites excluding steroid dienone is 2. The molecule has 3 rings (SSSR count). The number of hydrogen-bond acceptors (Lipinski definition) is 3. The zero-order chi connectivity index (χ0) is 12.5. The van der Waals surface area contributed by atoms with Crippen molar-refractivity contribution in [2.45, 2.75) is 25.2 Å². The molecule has 18 heavy (non-hydrogen) atoms. The van der Waals surface area contributed by atoms with Crippen LogP contribution in [0, 0.1) is 0 Å². The molecule has 0 amide bonds. The van der Waals surface area contributed by atoms with Crippen LogP contribution in [0.15, 0.2) is 41.2 Å². The summed E-state index contributed by atoms with van der Waals surface area (Å²) < 4.78 is 0.953. The lowest BCUT2D eigenvalue weighted by Gasteiger charge is -2.17. The highest BCUT2D eigenvalue weighted by atomic mass is 32.1. The van der Waals surface area contributed by atoms with Crippen molar-refractivity contribution in [1.82, 2.24) is 0 Å². The number of fused-ring (bicyclic) bond motifs is 1. The normalized spacial score (nSPS) is 19.2. The van der Waals surface area contributed by atoms with Crippen LogP contribution in [-0.4, -0.2) is 5.11 Å². The molecule has 0 saturated heterocycles. The van der Waals surface area contributed by atoms with Gasteiger partial charge in [-0.3, -0.25) is 4.79 Å². The van der Waals surface area contributed by atoms with Crippen LogP contribution in [0.3, 0.4) is 0 Å². The van der Waals surface area contributed by atoms with Gasteiger partial charge in [0.05, 0.1) is 4.88 Å². The predicted octanol–water partition coefficient (Wildman–Crippen LogP) is 3.79. The van der Waals surface area contributed by atoms with Crippen molar-refractivity contribution < 1.29 is 5.11 Å². The molecule has 2 aromatic rings. The number of aromatic hydroxyl groups is 1. The van der Waals surface area contributed by atoms with Crippen molar-refractivity contribution in [3.05, 3.63) is 51.5 Å². The van der Waals surface area contributed by atoms with Gasteiger partial charge in [0, 0.05) is 16.0 Å². The first-order valence-electron chi connectivity index (χ1n) is 6.19. The molecule has 0 aliphatic heterocycles. The second-order valence-electron chi connectivity index (χ2n) is 4.61. The molecule has 0 saturated carbocycles. The minimum absolute atomic E-state index is 0.0600. The Balaban J connectivity index is 2.23. The molecule has 1 aromatic heterocycles. The van der Waals surface area contributed by atoms with E-state index >= 15 is 0 Å². The van der Waals surface area contributed by atoms with E-state index in [0.717, 1.165) is 28.8 Å². The van der Waals surface area contributed by atoms with Crippen molar-refractivity contribution >= 4 is 21.4 Å². The first kappa shape index (κ1) is 11.5. The number of hydrogen-bond donors (Lipinski definition) is 1. The first-order valence-corrected chi connectivity index (χ1v) is 7.00. The van der Waals surface area contributed by atoms with E-state index in [4.69, 9.17) is 0 Å². The van der Waals surface area contributed by atoms with Gasteiger partial charge in [0.25, 0.3) is 0 Å². The van der Waals surface area contributed by atoms with E-state index in [2.05, 4.69) is 12.2 Å². The molecule has 1 aromatic carbocycles. The Morgan fingerprint density at radius 3 is 2.89 bits per heavy atom. The fourth-order valence-corrected chi connectivity index (χ4v) is 3.62. The van der Waals surface area contributed by atoms with Crippen LogP contribution >= 0.6 is 11.3 Å². The minimum Gasteiger partial charge on any atom is -0.503 e. The summed E-state index contributed by atoms with van der Waals surface area (Å²) in [6.45, 7) is 0. The van der Waals surface area contributed by atoms with Crippen molar-refractivity contribution in [2.24, 2.45) is 0 Å². The molecule has 0 radical (unpaired) electrons. The molecule has 1 atom stereocenters. The molecular weight excluding hydrogens is 244 g/mol. The summed E-state index contributed by atoms with van der Waals surface area (Å²) in [6.07, 6.45) is 7.48. The summed E-state index contributed by atoms with van der Waals surface area (Å²) in [7, 11) is 0. The van der Waals surface area contributed by atoms with Crippen molar-refractivity contribution in [2.75, 3.05) is 0 Å². The van der Waals surface area contributed by atoms with Crippen molar-refractivity contribution in [3.8, 4) is 5.75 Å². The maximum atomic E-state index is 12.1. The van der Waals surface area contributed by atoms with Crippen molar-refractivity contribution in [3.63, 3.8) is 0 Å². The fourth-order valence-electron chi connectivity index (χ4n) is 2.43. The molecule has 3 heteroatoms. The lowest BCUT2D eigenvalue weighted by molar-refractivity contribution is 0.461. The van der Waals surface area contributed by atoms with Crippen molar-refractivity contribution in [1.29, 1.82) is 0 Å². The van der Waals surface area contributed by atoms with Gasteiger partial charge in [-0.2, -0.15) is 0 Å². The summed E-state index contributed by atoms with van der Waals surface area (Å²) in [5, 5.41) is 10.7. The minimum atomic E-state index is -0.238. The smallest absolute Gasteiger partial charge is 0.229 e. The van der Waals surface area contributed by atoms with Crippen LogP contribution in [-0.2, 0) is 0 Å². The lowest BCUT2D eigenvalue weighted by atomic mass is 9.94. The highest BCUT2D eigenvalue weighted by Gasteiger charge is 2.19. The topological polar surface area (TPSA) is 37.3 Å². The van der Waals surface area contributed by atoms with Gasteiger partial charge in [0.2, 0.25) is 5.43 Å². The van der Waals surface area contributed by atoms with E-state index in [9.17, 15) is 9.90 Å². The third-order valence-corrected chi connectivity index (χ3v) is 4.68. The van der Waals surface area contributed by atoms with E-state index in [1.165, 1.54) is 11.3 Å². The molecule has 1 aliphatic rings. The molecule has 2 nitrogen and oxygen atoms in total. The summed E-state index contributed by atoms with van der Waals surface area (Å²) >= 11 is 1.53. The zero-order valence-electron chi connectivity index (χ0n) is 9.93. The Bertz CT molecular complexity index is 670. The van der Waals surface area contributed by atoms with Gasteiger partial charge in [0.15, 0.2) is 5.75 Å². The van der Waals surface area contributed by atoms with E-state index in [0.29, 0.717) is 5.39 Å². The van der Waals surface area contributed by atoms with Crippen LogP contribution in [0.2, 0.25) is 0 Å². The Hall–Kier alpha value is -1.61. The molecule has 1 heterocycles. The van der Waals surface area contributed by atoms with Gasteiger partial charge in [-0.25, -0.2) is 0 Å². The Kier molecular flexibility index (Phi) is 2.92. The number of benzene rings is 1. The lowest BCUT2D eigenvalue weighted by Crippen LogP contribution is -2.06. The van der Waals surface area contributed by atoms with Gasteiger partial charge in [-0.05, 0) is 31.4 Å². The van der Waals surface area contributed by atoms with Gasteiger partial charge in [-0.1, -0.05) is 24.3 Å². The SMILES string of the molecule is O=c1c(O)c(C2C=CCCC2)sc2ccccc12. The largest absolute Gasteiger partial charge is 0.503 e. The first-order chi connectivity index (χ1) is 8.77. The van der Waals surface area contributed by atoms with Gasteiger partial charge in [0.1, 0.15) is 0 Å². The highest BCUT2D eigenvalue weighted by Crippen LogP contribution is 2.37. The third kappa shape index (κ3) is 1.85. The molecule has 0 fully saturated rings. The van der Waals surface area contributed by atoms with Crippen LogP contribution in [0.1, 0.15) is 30.1 Å². The zero-order valence-corrected chi connectivity index (χ0v) is 10.7. The molecule has 0 bridgehead atoms. The Labute approximate surface area is 109 Å². The van der Waals surface area contributed by atoms with E-state index in [1.807, 2.05) is 18.2 Å². The second-order valence-corrected chi connectivity index (χ2v) is 5.69. The average molecular weight is 258 g/mol.